The van der Waals surface area contributed by atoms with E-state index in [9.17, 15) is 14.7 Å². The van der Waals surface area contributed by atoms with Gasteiger partial charge in [0.05, 0.1) is 18.2 Å². The predicted octanol–water partition coefficient (Wildman–Crippen LogP) is 3.58. The maximum atomic E-state index is 12.9. The van der Waals surface area contributed by atoms with E-state index in [1.807, 2.05) is 50.1 Å². The lowest BCUT2D eigenvalue weighted by molar-refractivity contribution is 0.0421. The molecular formula is C26H37N3O4. The lowest BCUT2D eigenvalue weighted by Crippen LogP contribution is -2.46. The van der Waals surface area contributed by atoms with Gasteiger partial charge in [-0.2, -0.15) is 0 Å². The molecule has 3 amide bonds. The van der Waals surface area contributed by atoms with Gasteiger partial charge in [0.25, 0.3) is 5.91 Å². The van der Waals surface area contributed by atoms with Gasteiger partial charge in [0.2, 0.25) is 0 Å². The van der Waals surface area contributed by atoms with Crippen LogP contribution in [0, 0.1) is 5.92 Å². The van der Waals surface area contributed by atoms with Gasteiger partial charge in [0.15, 0.2) is 0 Å². The van der Waals surface area contributed by atoms with Gasteiger partial charge in [-0.3, -0.25) is 4.79 Å². The molecule has 4 rings (SSSR count). The minimum atomic E-state index is -0.649. The number of aliphatic hydroxyl groups is 1. The van der Waals surface area contributed by atoms with Gasteiger partial charge in [-0.25, -0.2) is 4.79 Å². The van der Waals surface area contributed by atoms with Crippen LogP contribution in [-0.2, 0) is 0 Å². The Hall–Kier alpha value is -2.54. The van der Waals surface area contributed by atoms with E-state index in [0.29, 0.717) is 37.4 Å². The molecule has 1 saturated heterocycles. The lowest BCUT2D eigenvalue weighted by atomic mass is 9.94. The Kier molecular flexibility index (Phi) is 6.98. The largest absolute Gasteiger partial charge is 0.494 e. The molecule has 1 aliphatic heterocycles. The van der Waals surface area contributed by atoms with E-state index in [1.54, 1.807) is 4.90 Å². The Morgan fingerprint density at radius 1 is 1.24 bits per heavy atom. The van der Waals surface area contributed by atoms with Gasteiger partial charge in [0, 0.05) is 38.2 Å². The second-order valence-corrected chi connectivity index (χ2v) is 10.2. The van der Waals surface area contributed by atoms with Gasteiger partial charge < -0.3 is 25.0 Å². The monoisotopic (exact) mass is 455 g/mol. The number of likely N-dealkylation sites (N-methyl/N-ethyl adjacent to an activating group) is 1. The first kappa shape index (κ1) is 23.6. The number of hydrogen-bond acceptors (Lipinski definition) is 4. The molecule has 2 N–H and O–H groups in total. The van der Waals surface area contributed by atoms with Crippen molar-refractivity contribution in [2.75, 3.05) is 26.7 Å². The Bertz CT molecular complexity index is 889. The normalized spacial score (nSPS) is 24.7. The van der Waals surface area contributed by atoms with Crippen molar-refractivity contribution in [3.05, 3.63) is 41.5 Å². The molecular weight excluding hydrogens is 418 g/mol. The number of benzene rings is 1. The summed E-state index contributed by atoms with van der Waals surface area (Å²) < 4.78 is 5.92. The Balaban J connectivity index is 1.20. The lowest BCUT2D eigenvalue weighted by Gasteiger charge is -2.32. The molecule has 33 heavy (non-hydrogen) atoms. The van der Waals surface area contributed by atoms with Crippen LogP contribution in [0.3, 0.4) is 0 Å². The van der Waals surface area contributed by atoms with Crippen LogP contribution < -0.4 is 10.1 Å². The van der Waals surface area contributed by atoms with Crippen molar-refractivity contribution < 1.29 is 19.4 Å². The van der Waals surface area contributed by atoms with Gasteiger partial charge >= 0.3 is 6.03 Å². The second-order valence-electron chi connectivity index (χ2n) is 10.2. The fourth-order valence-electron chi connectivity index (χ4n) is 5.28. The number of fused-ring (bicyclic) bond motifs is 2. The Labute approximate surface area is 196 Å². The van der Waals surface area contributed by atoms with E-state index < -0.39 is 5.60 Å². The fraction of sp³-hybridized carbons (Fsp3) is 0.615. The average Bonchev–Trinajstić information content (AvgIpc) is 3.34. The summed E-state index contributed by atoms with van der Waals surface area (Å²) in [5.74, 6) is 1.30. The van der Waals surface area contributed by atoms with Crippen molar-refractivity contribution in [1.82, 2.24) is 15.1 Å². The number of hydrogen-bond donors (Lipinski definition) is 2. The molecule has 1 heterocycles. The highest BCUT2D eigenvalue weighted by atomic mass is 16.5. The first-order chi connectivity index (χ1) is 15.7. The first-order valence-electron chi connectivity index (χ1n) is 12.2. The summed E-state index contributed by atoms with van der Waals surface area (Å²) >= 11 is 0. The molecule has 180 valence electrons. The third kappa shape index (κ3) is 5.52. The molecule has 2 fully saturated rings. The van der Waals surface area contributed by atoms with Gasteiger partial charge in [0.1, 0.15) is 5.75 Å². The van der Waals surface area contributed by atoms with Gasteiger partial charge in [-0.05, 0) is 81.7 Å². The number of rotatable bonds is 7. The minimum absolute atomic E-state index is 0.00459. The molecule has 2 atom stereocenters. The van der Waals surface area contributed by atoms with Gasteiger partial charge in [-0.1, -0.05) is 6.08 Å². The van der Waals surface area contributed by atoms with Crippen molar-refractivity contribution >= 4 is 11.9 Å². The SMILES string of the molecule is CC(C)NC(=O)N1CCC(CCOc2ccc(C(=O)N(C)C3CC4(O)CC=C3C4)cc2)CC1. The zero-order valence-electron chi connectivity index (χ0n) is 20.0. The van der Waals surface area contributed by atoms with Crippen LogP contribution in [0.4, 0.5) is 4.79 Å². The number of ether oxygens (including phenoxy) is 1. The fourth-order valence-corrected chi connectivity index (χ4v) is 5.28. The molecule has 0 spiro atoms. The highest BCUT2D eigenvalue weighted by Crippen LogP contribution is 2.45. The molecule has 7 heteroatoms. The number of nitrogens with zero attached hydrogens (tertiary/aromatic N) is 2. The molecule has 1 saturated carbocycles. The molecule has 2 unspecified atom stereocenters. The molecule has 1 aromatic rings. The third-order valence-corrected chi connectivity index (χ3v) is 7.28. The molecule has 0 aromatic heterocycles. The average molecular weight is 456 g/mol. The summed E-state index contributed by atoms with van der Waals surface area (Å²) in [6, 6.07) is 7.53. The number of nitrogens with one attached hydrogen (secondary N) is 1. The van der Waals surface area contributed by atoms with Gasteiger partial charge in [-0.15, -0.1) is 0 Å². The van der Waals surface area contributed by atoms with E-state index in [-0.39, 0.29) is 24.0 Å². The van der Waals surface area contributed by atoms with Crippen LogP contribution in [0.5, 0.6) is 5.75 Å². The first-order valence-corrected chi connectivity index (χ1v) is 12.2. The van der Waals surface area contributed by atoms with Crippen molar-refractivity contribution in [1.29, 1.82) is 0 Å². The molecule has 2 aliphatic carbocycles. The minimum Gasteiger partial charge on any atom is -0.494 e. The summed E-state index contributed by atoms with van der Waals surface area (Å²) in [6.45, 7) is 6.17. The highest BCUT2D eigenvalue weighted by Gasteiger charge is 2.46. The zero-order valence-corrected chi connectivity index (χ0v) is 20.0. The van der Waals surface area contributed by atoms with Crippen LogP contribution in [0.25, 0.3) is 0 Å². The van der Waals surface area contributed by atoms with Crippen LogP contribution >= 0.6 is 0 Å². The summed E-state index contributed by atoms with van der Waals surface area (Å²) in [4.78, 5) is 28.7. The number of amides is 3. The van der Waals surface area contributed by atoms with E-state index in [2.05, 4.69) is 11.4 Å². The number of likely N-dealkylation sites (tertiary alicyclic amines) is 1. The van der Waals surface area contributed by atoms with E-state index in [1.165, 1.54) is 5.57 Å². The maximum absolute atomic E-state index is 12.9. The number of carbonyl (C=O) groups excluding carboxylic acids is 2. The van der Waals surface area contributed by atoms with E-state index >= 15 is 0 Å². The maximum Gasteiger partial charge on any atom is 0.317 e. The molecule has 2 bridgehead atoms. The molecule has 7 nitrogen and oxygen atoms in total. The standard InChI is InChI=1S/C26H37N3O4/c1-18(2)27-25(31)29-13-9-19(10-14-29)11-15-33-22-6-4-20(5-7-22)24(30)28(3)23-17-26(32)12-8-21(23)16-26/h4-8,18-19,23,32H,9-17H2,1-3H3,(H,27,31). The van der Waals surface area contributed by atoms with Crippen LogP contribution in [0.2, 0.25) is 0 Å². The molecule has 3 aliphatic rings. The topological polar surface area (TPSA) is 82.1 Å². The number of carbonyl (C=O) groups is 2. The van der Waals surface area contributed by atoms with Crippen LogP contribution in [-0.4, -0.2) is 71.3 Å². The van der Waals surface area contributed by atoms with Crippen molar-refractivity contribution in [2.45, 2.75) is 70.1 Å². The molecule has 0 radical (unpaired) electrons. The second kappa shape index (κ2) is 9.75. The highest BCUT2D eigenvalue weighted by molar-refractivity contribution is 5.94. The summed E-state index contributed by atoms with van der Waals surface area (Å²) in [5.41, 5.74) is 1.16. The predicted molar refractivity (Wildman–Crippen MR) is 127 cm³/mol. The Morgan fingerprint density at radius 3 is 2.52 bits per heavy atom. The summed E-state index contributed by atoms with van der Waals surface area (Å²) in [6.07, 6.45) is 7.07. The number of urea groups is 1. The smallest absolute Gasteiger partial charge is 0.317 e. The Morgan fingerprint density at radius 2 is 1.94 bits per heavy atom. The summed E-state index contributed by atoms with van der Waals surface area (Å²) in [5, 5.41) is 13.4. The van der Waals surface area contributed by atoms with E-state index in [0.717, 1.165) is 38.1 Å². The zero-order chi connectivity index (χ0) is 23.6. The van der Waals surface area contributed by atoms with Crippen molar-refractivity contribution in [3.63, 3.8) is 0 Å². The molecule has 1 aromatic carbocycles. The number of piperidine rings is 1. The van der Waals surface area contributed by atoms with Crippen LogP contribution in [0.15, 0.2) is 35.9 Å². The quantitative estimate of drug-likeness (QED) is 0.616. The van der Waals surface area contributed by atoms with Crippen molar-refractivity contribution in [3.8, 4) is 5.75 Å². The van der Waals surface area contributed by atoms with E-state index in [4.69, 9.17) is 4.74 Å². The summed E-state index contributed by atoms with van der Waals surface area (Å²) in [7, 11) is 1.82. The van der Waals surface area contributed by atoms with Crippen LogP contribution in [0.1, 0.15) is 62.7 Å². The van der Waals surface area contributed by atoms with Crippen molar-refractivity contribution in [2.24, 2.45) is 5.92 Å². The third-order valence-electron chi connectivity index (χ3n) is 7.28.